The normalized spacial score (nSPS) is 49.2. The van der Waals surface area contributed by atoms with Crippen molar-refractivity contribution >= 4 is 13.6 Å². The maximum Gasteiger partial charge on any atom is 0.325 e. The number of carbonyl (C=O) groups excluding carboxylic acids is 1. The molecule has 0 radical (unpaired) electrons. The summed E-state index contributed by atoms with van der Waals surface area (Å²) < 4.78 is 41.2. The van der Waals surface area contributed by atoms with Crippen molar-refractivity contribution in [2.45, 2.75) is 145 Å². The summed E-state index contributed by atoms with van der Waals surface area (Å²) in [6, 6.07) is 0. The molecule has 298 valence electrons. The van der Waals surface area contributed by atoms with Crippen LogP contribution in [0.3, 0.4) is 0 Å². The van der Waals surface area contributed by atoms with Gasteiger partial charge in [-0.25, -0.2) is 0 Å². The molecule has 1 spiro atoms. The van der Waals surface area contributed by atoms with E-state index < -0.39 is 93.2 Å². The Kier molecular flexibility index (Phi) is 11.5. The summed E-state index contributed by atoms with van der Waals surface area (Å²) in [5.41, 5.74) is -1.29. The van der Waals surface area contributed by atoms with Crippen LogP contribution >= 0.6 is 7.60 Å². The average Bonchev–Trinajstić information content (AvgIpc) is 3.28. The van der Waals surface area contributed by atoms with Gasteiger partial charge in [-0.15, -0.1) is 0 Å². The largest absolute Gasteiger partial charge is 0.465 e. The molecule has 6 fully saturated rings. The van der Waals surface area contributed by atoms with Gasteiger partial charge in [0.15, 0.2) is 12.6 Å². The fraction of sp³-hybridized carbons (Fsp3) is 0.914. The van der Waals surface area contributed by atoms with Crippen LogP contribution in [0.2, 0.25) is 0 Å². The van der Waals surface area contributed by atoms with Gasteiger partial charge in [0.25, 0.3) is 0 Å². The Morgan fingerprint density at radius 3 is 2.15 bits per heavy atom. The molecule has 2 aliphatic heterocycles. The Balaban J connectivity index is 1.21. The van der Waals surface area contributed by atoms with E-state index in [-0.39, 0.29) is 47.8 Å². The number of fused-ring (bicyclic) bond motifs is 3. The molecule has 17 heteroatoms. The van der Waals surface area contributed by atoms with E-state index in [2.05, 4.69) is 13.5 Å². The lowest BCUT2D eigenvalue weighted by Crippen LogP contribution is -2.65. The fourth-order valence-corrected chi connectivity index (χ4v) is 11.8. The summed E-state index contributed by atoms with van der Waals surface area (Å²) in [5, 5.41) is 73.0. The second kappa shape index (κ2) is 14.8. The molecule has 0 aromatic rings. The number of aliphatic hydroxyl groups is 7. The third kappa shape index (κ3) is 6.97. The molecule has 0 aromatic heterocycles. The van der Waals surface area contributed by atoms with E-state index in [0.29, 0.717) is 25.7 Å². The quantitative estimate of drug-likeness (QED) is 0.0435. The Labute approximate surface area is 303 Å². The first-order valence-corrected chi connectivity index (χ1v) is 20.3. The van der Waals surface area contributed by atoms with Gasteiger partial charge in [-0.3, -0.25) is 9.36 Å². The first-order valence-electron chi connectivity index (χ1n) is 18.5. The van der Waals surface area contributed by atoms with Crippen molar-refractivity contribution in [1.82, 2.24) is 0 Å². The highest BCUT2D eigenvalue weighted by Gasteiger charge is 2.69. The second-order valence-electron chi connectivity index (χ2n) is 16.8. The third-order valence-corrected chi connectivity index (χ3v) is 14.6. The van der Waals surface area contributed by atoms with E-state index in [1.54, 1.807) is 0 Å². The summed E-state index contributed by atoms with van der Waals surface area (Å²) in [4.78, 5) is 32.1. The third-order valence-electron chi connectivity index (χ3n) is 13.7. The molecule has 16 atom stereocenters. The van der Waals surface area contributed by atoms with Gasteiger partial charge in [0.05, 0.1) is 37.0 Å². The molecule has 2 saturated heterocycles. The van der Waals surface area contributed by atoms with Crippen LogP contribution in [-0.4, -0.2) is 144 Å². The van der Waals surface area contributed by atoms with Crippen molar-refractivity contribution in [2.24, 2.45) is 28.1 Å². The van der Waals surface area contributed by atoms with Crippen LogP contribution in [0.4, 0.5) is 0 Å². The Bertz CT molecular complexity index is 1380. The summed E-state index contributed by atoms with van der Waals surface area (Å²) in [6.45, 7) is 7.31. The minimum absolute atomic E-state index is 0.0286. The van der Waals surface area contributed by atoms with Crippen molar-refractivity contribution in [3.05, 3.63) is 12.2 Å². The SMILES string of the molecule is C=C1C[C@@]23CC[C@H]4[C@@](C)(CCC[C@@]4(C)C(=O)OCCCP(=O)(O)O)[C@@H]2CC[C@]1(O[C@@H]1O[C@@H](CO)[C@@H](O)[C@H](O)[C@@H]1O[C@@H]1O[C@@H](CO)[C@@H](O)[C@H](O)[C@@H]1O)C3. The minimum Gasteiger partial charge on any atom is -0.465 e. The Hall–Kier alpha value is -1.08. The lowest BCUT2D eigenvalue weighted by molar-refractivity contribution is -0.378. The zero-order chi connectivity index (χ0) is 38.0. The molecule has 0 aromatic carbocycles. The van der Waals surface area contributed by atoms with Crippen molar-refractivity contribution < 1.29 is 78.6 Å². The topological polar surface area (TPSA) is 262 Å². The van der Waals surface area contributed by atoms with Gasteiger partial charge in [-0.05, 0) is 93.0 Å². The van der Waals surface area contributed by atoms with E-state index >= 15 is 0 Å². The molecule has 52 heavy (non-hydrogen) atoms. The first-order chi connectivity index (χ1) is 24.3. The number of rotatable bonds is 11. The number of hydrogen-bond acceptors (Lipinski definition) is 14. The van der Waals surface area contributed by atoms with Crippen LogP contribution in [0.25, 0.3) is 0 Å². The zero-order valence-corrected chi connectivity index (χ0v) is 30.8. The Morgan fingerprint density at radius 1 is 0.865 bits per heavy atom. The van der Waals surface area contributed by atoms with Gasteiger partial charge in [-0.2, -0.15) is 0 Å². The van der Waals surface area contributed by atoms with Crippen LogP contribution in [0.15, 0.2) is 12.2 Å². The van der Waals surface area contributed by atoms with Crippen molar-refractivity contribution in [3.8, 4) is 0 Å². The molecule has 0 unspecified atom stereocenters. The van der Waals surface area contributed by atoms with E-state index in [1.165, 1.54) is 0 Å². The maximum atomic E-state index is 13.7. The molecule has 4 aliphatic carbocycles. The van der Waals surface area contributed by atoms with Crippen LogP contribution in [0.5, 0.6) is 0 Å². The van der Waals surface area contributed by atoms with E-state index in [0.717, 1.165) is 37.7 Å². The molecule has 9 N–H and O–H groups in total. The smallest absolute Gasteiger partial charge is 0.325 e. The van der Waals surface area contributed by atoms with E-state index in [9.17, 15) is 54.9 Å². The van der Waals surface area contributed by atoms with Crippen LogP contribution in [0.1, 0.15) is 78.1 Å². The standard InChI is InChI=1S/C35H57O16P/c1-18-14-34-10-6-21-32(2,8-4-9-33(21,3)31(43)47-12-5-13-52(44,45)46)22(34)7-11-35(18,17-34)51-30-28(26(41)24(39)20(16-37)49-30)50-29-27(42)25(40)23(38)19(15-36)48-29/h19-30,36-42H,1,4-17H2,2-3H3,(H2,44,45,46)/t19-,20-,21-,22-,23+,24+,25-,26-,27-,28-,29-,30-,32+,33+,34+,35-/m0/s1. The summed E-state index contributed by atoms with van der Waals surface area (Å²) in [5.74, 6) is -0.0859. The van der Waals surface area contributed by atoms with Crippen molar-refractivity contribution in [3.63, 3.8) is 0 Å². The highest BCUT2D eigenvalue weighted by molar-refractivity contribution is 7.51. The minimum atomic E-state index is -4.19. The predicted octanol–water partition coefficient (Wildman–Crippen LogP) is -0.170. The number of hydrogen-bond donors (Lipinski definition) is 9. The van der Waals surface area contributed by atoms with Gasteiger partial charge in [-0.1, -0.05) is 19.9 Å². The van der Waals surface area contributed by atoms with E-state index in [1.807, 2.05) is 6.92 Å². The molecular weight excluding hydrogens is 707 g/mol. The monoisotopic (exact) mass is 764 g/mol. The van der Waals surface area contributed by atoms with Gasteiger partial charge >= 0.3 is 13.6 Å². The molecule has 6 rings (SSSR count). The molecule has 0 amide bonds. The molecular formula is C35H57O16P. The van der Waals surface area contributed by atoms with Gasteiger partial charge in [0, 0.05) is 0 Å². The van der Waals surface area contributed by atoms with Crippen molar-refractivity contribution in [2.75, 3.05) is 26.0 Å². The molecule has 6 aliphatic rings. The summed E-state index contributed by atoms with van der Waals surface area (Å²) >= 11 is 0. The Morgan fingerprint density at radius 2 is 1.50 bits per heavy atom. The number of ether oxygens (including phenoxy) is 5. The number of esters is 1. The summed E-state index contributed by atoms with van der Waals surface area (Å²) in [6.07, 6.45) is -9.33. The second-order valence-corrected chi connectivity index (χ2v) is 18.5. The average molecular weight is 765 g/mol. The molecule has 16 nitrogen and oxygen atoms in total. The van der Waals surface area contributed by atoms with Gasteiger partial charge < -0.3 is 69.2 Å². The zero-order valence-electron chi connectivity index (χ0n) is 29.9. The van der Waals surface area contributed by atoms with E-state index in [4.69, 9.17) is 23.7 Å². The van der Waals surface area contributed by atoms with Crippen LogP contribution < -0.4 is 0 Å². The van der Waals surface area contributed by atoms with Crippen LogP contribution in [0, 0.1) is 28.1 Å². The lowest BCUT2D eigenvalue weighted by Gasteiger charge is -2.64. The fourth-order valence-electron chi connectivity index (χ4n) is 11.2. The van der Waals surface area contributed by atoms with Crippen molar-refractivity contribution in [1.29, 1.82) is 0 Å². The van der Waals surface area contributed by atoms with Gasteiger partial charge in [0.2, 0.25) is 0 Å². The van der Waals surface area contributed by atoms with Gasteiger partial charge in [0.1, 0.15) is 48.8 Å². The summed E-state index contributed by atoms with van der Waals surface area (Å²) in [7, 11) is -4.19. The lowest BCUT2D eigenvalue weighted by atomic mass is 9.41. The predicted molar refractivity (Wildman–Crippen MR) is 179 cm³/mol. The highest BCUT2D eigenvalue weighted by Crippen LogP contribution is 2.73. The van der Waals surface area contributed by atoms with Crippen LogP contribution in [-0.2, 0) is 33.0 Å². The first kappa shape index (κ1) is 40.6. The highest BCUT2D eigenvalue weighted by atomic mass is 31.2. The molecule has 2 bridgehead atoms. The number of carbonyl (C=O) groups is 1. The maximum absolute atomic E-state index is 13.7. The molecule has 2 heterocycles. The molecule has 4 saturated carbocycles. The number of aliphatic hydroxyl groups excluding tert-OH is 7.